The first-order valence-electron chi connectivity index (χ1n) is 11.5. The van der Waals surface area contributed by atoms with E-state index in [1.54, 1.807) is 32.1 Å². The van der Waals surface area contributed by atoms with Crippen molar-refractivity contribution in [1.29, 1.82) is 0 Å². The predicted molar refractivity (Wildman–Crippen MR) is 145 cm³/mol. The molecule has 0 saturated heterocycles. The van der Waals surface area contributed by atoms with Crippen LogP contribution in [0.15, 0.2) is 32.8 Å². The highest BCUT2D eigenvalue weighted by Crippen LogP contribution is 2.32. The molecule has 2 rings (SSSR count). The number of hydrogen-bond donors (Lipinski definition) is 2. The van der Waals surface area contributed by atoms with Crippen molar-refractivity contribution in [2.24, 2.45) is 17.3 Å². The Morgan fingerprint density at radius 3 is 2.59 bits per heavy atom. The Hall–Kier alpha value is -1.36. The number of rotatable bonds is 2. The third-order valence-corrected chi connectivity index (χ3v) is 8.07. The highest BCUT2D eigenvalue weighted by Gasteiger charge is 2.42. The van der Waals surface area contributed by atoms with Gasteiger partial charge < -0.3 is 14.9 Å². The number of ketones is 1. The first kappa shape index (κ1) is 28.9. The summed E-state index contributed by atoms with van der Waals surface area (Å²) in [6, 6.07) is 0. The summed E-state index contributed by atoms with van der Waals surface area (Å²) < 4.78 is 6.86. The van der Waals surface area contributed by atoms with Crippen LogP contribution in [0.2, 0.25) is 0 Å². The number of aliphatic hydroxyl groups excluding tert-OH is 2. The molecular weight excluding hydrogens is 565 g/mol. The van der Waals surface area contributed by atoms with Gasteiger partial charge in [-0.05, 0) is 58.1 Å². The van der Waals surface area contributed by atoms with E-state index in [0.717, 1.165) is 19.9 Å². The van der Waals surface area contributed by atoms with Gasteiger partial charge in [0.25, 0.3) is 0 Å². The van der Waals surface area contributed by atoms with Crippen LogP contribution in [0.25, 0.3) is 6.08 Å². The fourth-order valence-corrected chi connectivity index (χ4v) is 4.99. The average molecular weight is 602 g/mol. The molecule has 2 N–H and O–H groups in total. The molecule has 6 nitrogen and oxygen atoms in total. The number of thiazole rings is 1. The van der Waals surface area contributed by atoms with Gasteiger partial charge in [0.15, 0.2) is 0 Å². The highest BCUT2D eigenvalue weighted by molar-refractivity contribution is 14.1. The topological polar surface area (TPSA) is 96.7 Å². The Labute approximate surface area is 220 Å². The fraction of sp³-hybridized carbons (Fsp3) is 0.577. The van der Waals surface area contributed by atoms with Gasteiger partial charge in [0.2, 0.25) is 0 Å². The molecule has 0 fully saturated rings. The normalized spacial score (nSPS) is 32.6. The van der Waals surface area contributed by atoms with Crippen LogP contribution >= 0.6 is 33.9 Å². The molecule has 0 unspecified atom stereocenters. The number of aromatic nitrogens is 1. The van der Waals surface area contributed by atoms with Crippen molar-refractivity contribution in [2.45, 2.75) is 79.1 Å². The highest BCUT2D eigenvalue weighted by atomic mass is 127. The molecule has 2 heterocycles. The Morgan fingerprint density at radius 2 is 1.97 bits per heavy atom. The smallest absolute Gasteiger partial charge is 0.309 e. The van der Waals surface area contributed by atoms with E-state index in [9.17, 15) is 19.8 Å². The van der Waals surface area contributed by atoms with Gasteiger partial charge in [0, 0.05) is 23.6 Å². The lowest BCUT2D eigenvalue weighted by atomic mass is 9.73. The Balaban J connectivity index is 2.37. The van der Waals surface area contributed by atoms with E-state index < -0.39 is 35.6 Å². The Bertz CT molecular complexity index is 964. The van der Waals surface area contributed by atoms with E-state index in [4.69, 9.17) is 4.74 Å². The number of nitrogens with zero attached hydrogens (tertiary/aromatic N) is 1. The molecule has 188 valence electrons. The molecule has 0 spiro atoms. The van der Waals surface area contributed by atoms with E-state index in [1.807, 2.05) is 50.5 Å². The number of aryl methyl sites for hydroxylation is 1. The molecule has 5 atom stereocenters. The zero-order chi connectivity index (χ0) is 25.6. The number of carbonyl (C=O) groups is 2. The van der Waals surface area contributed by atoms with Crippen LogP contribution in [-0.4, -0.2) is 45.3 Å². The van der Waals surface area contributed by atoms with Crippen LogP contribution in [0.4, 0.5) is 0 Å². The van der Waals surface area contributed by atoms with Crippen molar-refractivity contribution in [1.82, 2.24) is 4.98 Å². The minimum atomic E-state index is -1.23. The minimum absolute atomic E-state index is 0.228. The number of cyclic esters (lactones) is 1. The van der Waals surface area contributed by atoms with Crippen LogP contribution in [-0.2, 0) is 14.3 Å². The number of hydrogen-bond acceptors (Lipinski definition) is 7. The van der Waals surface area contributed by atoms with Gasteiger partial charge >= 0.3 is 5.97 Å². The summed E-state index contributed by atoms with van der Waals surface area (Å²) in [5, 5.41) is 24.4. The molecular formula is C26H36INO5S. The van der Waals surface area contributed by atoms with Crippen LogP contribution in [0.5, 0.6) is 0 Å². The van der Waals surface area contributed by atoms with E-state index in [2.05, 4.69) is 27.6 Å². The lowest BCUT2D eigenvalue weighted by Gasteiger charge is -2.34. The van der Waals surface area contributed by atoms with E-state index in [0.29, 0.717) is 12.8 Å². The number of allylic oxidation sites excluding steroid dienone is 2. The second kappa shape index (κ2) is 12.6. The Kier molecular flexibility index (Phi) is 10.7. The summed E-state index contributed by atoms with van der Waals surface area (Å²) in [5.41, 5.74) is 0.456. The van der Waals surface area contributed by atoms with Gasteiger partial charge in [-0.15, -0.1) is 11.3 Å². The molecule has 0 saturated carbocycles. The van der Waals surface area contributed by atoms with Crippen molar-refractivity contribution in [3.05, 3.63) is 43.5 Å². The summed E-state index contributed by atoms with van der Waals surface area (Å²) in [6.07, 6.45) is 6.07. The van der Waals surface area contributed by atoms with Crippen molar-refractivity contribution in [2.75, 3.05) is 0 Å². The minimum Gasteiger partial charge on any atom is -0.457 e. The molecule has 0 amide bonds. The van der Waals surface area contributed by atoms with E-state index in [1.165, 1.54) is 0 Å². The van der Waals surface area contributed by atoms with E-state index in [-0.39, 0.29) is 18.1 Å². The van der Waals surface area contributed by atoms with Gasteiger partial charge in [0.05, 0.1) is 34.7 Å². The average Bonchev–Trinajstić information content (AvgIpc) is 3.18. The second-order valence-corrected chi connectivity index (χ2v) is 12.1. The molecule has 1 aromatic heterocycles. The summed E-state index contributed by atoms with van der Waals surface area (Å²) >= 11 is 3.81. The summed E-state index contributed by atoms with van der Waals surface area (Å²) in [6.45, 7) is 10.6. The van der Waals surface area contributed by atoms with Crippen LogP contribution < -0.4 is 0 Å². The molecule has 1 aliphatic heterocycles. The zero-order valence-corrected chi connectivity index (χ0v) is 23.7. The molecule has 0 radical (unpaired) electrons. The largest absolute Gasteiger partial charge is 0.457 e. The SMILES string of the molecule is C/C(=C\c1csc(C)n1)[C@@H]1C/C=C(/I)C/C=C/[C@H](C)[C@H](O)[C@@H](C)C(=O)C(C)(C)[C@@H](O)CC(=O)O1. The molecule has 0 aromatic carbocycles. The fourth-order valence-electron chi connectivity index (χ4n) is 3.91. The van der Waals surface area contributed by atoms with Gasteiger partial charge in [0.1, 0.15) is 11.9 Å². The van der Waals surface area contributed by atoms with Crippen molar-refractivity contribution in [3.63, 3.8) is 0 Å². The predicted octanol–water partition coefficient (Wildman–Crippen LogP) is 5.41. The molecule has 8 heteroatoms. The molecule has 1 aliphatic rings. The Morgan fingerprint density at radius 1 is 1.29 bits per heavy atom. The number of esters is 1. The van der Waals surface area contributed by atoms with Gasteiger partial charge in [-0.3, -0.25) is 9.59 Å². The molecule has 0 bridgehead atoms. The second-order valence-electron chi connectivity index (χ2n) is 9.62. The first-order valence-corrected chi connectivity index (χ1v) is 13.5. The molecule has 34 heavy (non-hydrogen) atoms. The molecule has 0 aliphatic carbocycles. The van der Waals surface area contributed by atoms with Gasteiger partial charge in [-0.1, -0.05) is 45.9 Å². The standard InChI is InChI=1S/C26H36INO5S/c1-15-8-7-9-19(27)10-11-21(16(2)12-20-14-34-18(4)28-20)33-23(30)13-22(29)26(5,6)25(32)17(3)24(15)31/h7-8,10,12,14-15,17,21-22,24,29,31H,9,11,13H2,1-6H3/b8-7+,16-12+,19-10+/t15-,17+,21-,22-,24-/m0/s1. The van der Waals surface area contributed by atoms with Gasteiger partial charge in [-0.2, -0.15) is 0 Å². The maximum atomic E-state index is 13.1. The van der Waals surface area contributed by atoms with Crippen molar-refractivity contribution < 1.29 is 24.5 Å². The van der Waals surface area contributed by atoms with Crippen molar-refractivity contribution >= 4 is 51.8 Å². The maximum Gasteiger partial charge on any atom is 0.309 e. The van der Waals surface area contributed by atoms with Gasteiger partial charge in [-0.25, -0.2) is 4.98 Å². The molecule has 1 aromatic rings. The quantitative estimate of drug-likeness (QED) is 0.267. The van der Waals surface area contributed by atoms with Crippen LogP contribution in [0.1, 0.15) is 64.6 Å². The summed E-state index contributed by atoms with van der Waals surface area (Å²) in [4.78, 5) is 30.4. The third-order valence-electron chi connectivity index (χ3n) is 6.39. The number of aliphatic hydroxyl groups is 2. The maximum absolute atomic E-state index is 13.1. The number of Topliss-reactive ketones (excluding diaryl/α,β-unsaturated/α-hetero) is 1. The number of ether oxygens (including phenoxy) is 1. The number of carbonyl (C=O) groups excluding carboxylic acids is 2. The van der Waals surface area contributed by atoms with Crippen LogP contribution in [0, 0.1) is 24.2 Å². The first-order chi connectivity index (χ1) is 15.8. The lowest BCUT2D eigenvalue weighted by Crippen LogP contribution is -2.45. The number of halogens is 1. The lowest BCUT2D eigenvalue weighted by molar-refractivity contribution is -0.154. The third kappa shape index (κ3) is 7.83. The van der Waals surface area contributed by atoms with Crippen LogP contribution in [0.3, 0.4) is 0 Å². The van der Waals surface area contributed by atoms with Crippen molar-refractivity contribution in [3.8, 4) is 0 Å². The van der Waals surface area contributed by atoms with E-state index >= 15 is 0 Å². The summed E-state index contributed by atoms with van der Waals surface area (Å²) in [7, 11) is 0. The monoisotopic (exact) mass is 601 g/mol. The zero-order valence-electron chi connectivity index (χ0n) is 20.7. The summed E-state index contributed by atoms with van der Waals surface area (Å²) in [5.74, 6) is -1.78.